The minimum Gasteiger partial charge on any atom is -0.480 e. The van der Waals surface area contributed by atoms with Gasteiger partial charge in [0, 0.05) is 25.4 Å². The van der Waals surface area contributed by atoms with Gasteiger partial charge in [-0.15, -0.1) is 0 Å². The fraction of sp³-hybridized carbons (Fsp3) is 0.889. The van der Waals surface area contributed by atoms with Crippen molar-refractivity contribution in [2.45, 2.75) is 13.0 Å². The predicted molar refractivity (Wildman–Crippen MR) is 63.4 cm³/mol. The van der Waals surface area contributed by atoms with Crippen LogP contribution in [0.2, 0.25) is 0 Å². The molecule has 0 aliphatic rings. The maximum atomic E-state index is 11.0. The first-order valence-corrected chi connectivity index (χ1v) is 5.82. The van der Waals surface area contributed by atoms with E-state index in [4.69, 9.17) is 15.3 Å². The first-order valence-electron chi connectivity index (χ1n) is 5.19. The molecule has 0 amide bonds. The van der Waals surface area contributed by atoms with E-state index in [0.717, 1.165) is 0 Å². The molecule has 0 aromatic heterocycles. The van der Waals surface area contributed by atoms with E-state index in [1.54, 1.807) is 10.0 Å². The molecular formula is C9H20N2O4S. The zero-order valence-corrected chi connectivity index (χ0v) is 10.3. The van der Waals surface area contributed by atoms with Crippen LogP contribution in [-0.4, -0.2) is 75.9 Å². The number of carboxylic acid groups (broad SMARTS) is 1. The number of thiol groups is 1. The number of hydrogen-bond donors (Lipinski definition) is 4. The van der Waals surface area contributed by atoms with Gasteiger partial charge in [0.2, 0.25) is 0 Å². The van der Waals surface area contributed by atoms with E-state index in [2.05, 4.69) is 12.6 Å². The fourth-order valence-electron chi connectivity index (χ4n) is 1.52. The summed E-state index contributed by atoms with van der Waals surface area (Å²) in [4.78, 5) is 11.0. The summed E-state index contributed by atoms with van der Waals surface area (Å²) in [5.74, 6) is -0.783. The van der Waals surface area contributed by atoms with Gasteiger partial charge in [-0.25, -0.2) is 10.0 Å². The van der Waals surface area contributed by atoms with Gasteiger partial charge in [0.15, 0.2) is 0 Å². The Morgan fingerprint density at radius 1 is 1.31 bits per heavy atom. The van der Waals surface area contributed by atoms with Crippen LogP contribution in [0.15, 0.2) is 0 Å². The number of aliphatic hydroxyl groups is 2. The second-order valence-electron chi connectivity index (χ2n) is 3.19. The van der Waals surface area contributed by atoms with Crippen molar-refractivity contribution < 1.29 is 20.1 Å². The van der Waals surface area contributed by atoms with Crippen LogP contribution in [0.5, 0.6) is 0 Å². The van der Waals surface area contributed by atoms with Gasteiger partial charge in [0.05, 0.1) is 13.2 Å². The molecule has 0 aromatic rings. The van der Waals surface area contributed by atoms with Crippen LogP contribution in [0.25, 0.3) is 0 Å². The monoisotopic (exact) mass is 252 g/mol. The maximum Gasteiger partial charge on any atom is 0.323 e. The van der Waals surface area contributed by atoms with Crippen molar-refractivity contribution in [3.05, 3.63) is 0 Å². The lowest BCUT2D eigenvalue weighted by Gasteiger charge is -2.36. The molecule has 7 heteroatoms. The van der Waals surface area contributed by atoms with Crippen LogP contribution in [-0.2, 0) is 4.79 Å². The first kappa shape index (κ1) is 15.7. The molecule has 0 bridgehead atoms. The first-order chi connectivity index (χ1) is 7.62. The molecule has 1 unspecified atom stereocenters. The lowest BCUT2D eigenvalue weighted by molar-refractivity contribution is -0.153. The van der Waals surface area contributed by atoms with Crippen LogP contribution in [0, 0.1) is 0 Å². The highest BCUT2D eigenvalue weighted by molar-refractivity contribution is 7.80. The summed E-state index contributed by atoms with van der Waals surface area (Å²) < 4.78 is 0. The Morgan fingerprint density at radius 2 is 1.81 bits per heavy atom. The van der Waals surface area contributed by atoms with Gasteiger partial charge in [-0.2, -0.15) is 12.6 Å². The zero-order valence-electron chi connectivity index (χ0n) is 9.41. The molecule has 0 aromatic carbocycles. The minimum absolute atomic E-state index is 0.0879. The van der Waals surface area contributed by atoms with Crippen LogP contribution < -0.4 is 0 Å². The fourth-order valence-corrected chi connectivity index (χ4v) is 1.86. The van der Waals surface area contributed by atoms with Crippen molar-refractivity contribution in [2.24, 2.45) is 0 Å². The molecule has 6 nitrogen and oxygen atoms in total. The molecule has 0 radical (unpaired) electrons. The molecule has 96 valence electrons. The van der Waals surface area contributed by atoms with Gasteiger partial charge in [-0.05, 0) is 0 Å². The molecule has 0 rings (SSSR count). The van der Waals surface area contributed by atoms with E-state index in [1.165, 1.54) is 0 Å². The third-order valence-electron chi connectivity index (χ3n) is 2.22. The normalized spacial score (nSPS) is 13.4. The van der Waals surface area contributed by atoms with Crippen LogP contribution >= 0.6 is 12.6 Å². The summed E-state index contributed by atoms with van der Waals surface area (Å²) >= 11 is 4.00. The number of carboxylic acids is 1. The Kier molecular flexibility index (Phi) is 8.58. The molecule has 0 saturated carbocycles. The molecule has 16 heavy (non-hydrogen) atoms. The molecule has 0 fully saturated rings. The highest BCUT2D eigenvalue weighted by atomic mass is 32.1. The van der Waals surface area contributed by atoms with Crippen molar-refractivity contribution in [2.75, 3.05) is 38.6 Å². The van der Waals surface area contributed by atoms with E-state index >= 15 is 0 Å². The average Bonchev–Trinajstić information content (AvgIpc) is 2.25. The third kappa shape index (κ3) is 4.67. The van der Waals surface area contributed by atoms with Crippen molar-refractivity contribution >= 4 is 18.6 Å². The summed E-state index contributed by atoms with van der Waals surface area (Å²) in [5.41, 5.74) is 0. The zero-order chi connectivity index (χ0) is 12.6. The number of aliphatic hydroxyl groups excluding tert-OH is 2. The van der Waals surface area contributed by atoms with Gasteiger partial charge in [0.25, 0.3) is 0 Å². The second-order valence-corrected chi connectivity index (χ2v) is 3.56. The van der Waals surface area contributed by atoms with E-state index in [0.29, 0.717) is 19.6 Å². The smallest absolute Gasteiger partial charge is 0.323 e. The topological polar surface area (TPSA) is 84.2 Å². The molecule has 0 spiro atoms. The summed E-state index contributed by atoms with van der Waals surface area (Å²) in [6.45, 7) is 2.72. The third-order valence-corrected chi connectivity index (χ3v) is 2.57. The van der Waals surface area contributed by atoms with Crippen LogP contribution in [0.1, 0.15) is 6.92 Å². The molecule has 0 saturated heterocycles. The Bertz CT molecular complexity index is 200. The number of nitrogens with zero attached hydrogens (tertiary/aromatic N) is 2. The largest absolute Gasteiger partial charge is 0.480 e. The minimum atomic E-state index is -0.960. The second kappa shape index (κ2) is 8.77. The van der Waals surface area contributed by atoms with Crippen molar-refractivity contribution in [3.8, 4) is 0 Å². The molecule has 1 atom stereocenters. The lowest BCUT2D eigenvalue weighted by atomic mass is 10.3. The Morgan fingerprint density at radius 3 is 2.06 bits per heavy atom. The predicted octanol–water partition coefficient (Wildman–Crippen LogP) is -1.11. The van der Waals surface area contributed by atoms with Crippen LogP contribution in [0.4, 0.5) is 0 Å². The SMILES string of the molecule is CCN(C(CS)C(=O)O)N(CCO)CCO. The summed E-state index contributed by atoms with van der Waals surface area (Å²) in [6.07, 6.45) is 0. The Hall–Kier alpha value is -0.340. The van der Waals surface area contributed by atoms with Crippen molar-refractivity contribution in [1.82, 2.24) is 10.0 Å². The van der Waals surface area contributed by atoms with Crippen molar-refractivity contribution in [3.63, 3.8) is 0 Å². The number of hydrogen-bond acceptors (Lipinski definition) is 6. The summed E-state index contributed by atoms with van der Waals surface area (Å²) in [5, 5.41) is 30.0. The highest BCUT2D eigenvalue weighted by Crippen LogP contribution is 2.07. The quantitative estimate of drug-likeness (QED) is 0.308. The number of hydrazine groups is 1. The lowest BCUT2D eigenvalue weighted by Crippen LogP contribution is -2.54. The average molecular weight is 252 g/mol. The molecule has 0 aliphatic heterocycles. The van der Waals surface area contributed by atoms with Crippen LogP contribution in [0.3, 0.4) is 0 Å². The van der Waals surface area contributed by atoms with E-state index in [9.17, 15) is 4.79 Å². The molecule has 0 aliphatic carbocycles. The number of carbonyl (C=O) groups is 1. The number of aliphatic carboxylic acids is 1. The van der Waals surface area contributed by atoms with Gasteiger partial charge in [0.1, 0.15) is 6.04 Å². The highest BCUT2D eigenvalue weighted by Gasteiger charge is 2.27. The number of rotatable bonds is 9. The van der Waals surface area contributed by atoms with Gasteiger partial charge in [-0.1, -0.05) is 6.92 Å². The van der Waals surface area contributed by atoms with E-state index in [-0.39, 0.29) is 19.0 Å². The summed E-state index contributed by atoms with van der Waals surface area (Å²) in [6, 6.07) is -0.744. The van der Waals surface area contributed by atoms with E-state index < -0.39 is 12.0 Å². The number of likely N-dealkylation sites (N-methyl/N-ethyl adjacent to an activating group) is 1. The van der Waals surface area contributed by atoms with Crippen molar-refractivity contribution in [1.29, 1.82) is 0 Å². The van der Waals surface area contributed by atoms with Gasteiger partial charge in [-0.3, -0.25) is 4.79 Å². The standard InChI is InChI=1S/C9H20N2O4S/c1-2-11(8(7-16)9(14)15)10(3-5-12)4-6-13/h8,12-13,16H,2-7H2,1H3,(H,14,15). The molecular weight excluding hydrogens is 232 g/mol. The molecule has 0 heterocycles. The Labute approximate surface area is 101 Å². The van der Waals surface area contributed by atoms with E-state index in [1.807, 2.05) is 6.92 Å². The Balaban J connectivity index is 4.66. The maximum absolute atomic E-state index is 11.0. The molecule has 3 N–H and O–H groups in total. The van der Waals surface area contributed by atoms with Gasteiger partial charge < -0.3 is 15.3 Å². The summed E-state index contributed by atoms with van der Waals surface area (Å²) in [7, 11) is 0. The van der Waals surface area contributed by atoms with Gasteiger partial charge >= 0.3 is 5.97 Å².